The summed E-state index contributed by atoms with van der Waals surface area (Å²) in [5.41, 5.74) is 4.56. The molecule has 0 aromatic carbocycles. The van der Waals surface area contributed by atoms with Gasteiger partial charge in [-0.05, 0) is 0 Å². The molecule has 2 aliphatic rings. The van der Waals surface area contributed by atoms with Crippen LogP contribution in [0.2, 0.25) is 0 Å². The Bertz CT molecular complexity index is 270. The number of hydrogen-bond donors (Lipinski definition) is 2. The maximum atomic E-state index is 12.3. The quantitative estimate of drug-likeness (QED) is 0.574. The average molecular weight is 192 g/mol. The van der Waals surface area contributed by atoms with Gasteiger partial charge in [0, 0.05) is 6.21 Å². The number of nitrogens with zero attached hydrogens (tertiary/aromatic N) is 2. The van der Waals surface area contributed by atoms with Gasteiger partial charge in [-0.15, -0.1) is 0 Å². The van der Waals surface area contributed by atoms with E-state index in [9.17, 15) is 13.2 Å². The van der Waals surface area contributed by atoms with Crippen molar-refractivity contribution < 1.29 is 13.2 Å². The smallest absolute Gasteiger partial charge is 0.326 e. The van der Waals surface area contributed by atoms with Crippen LogP contribution < -0.4 is 10.9 Å². The molecule has 2 N–H and O–H groups in total. The van der Waals surface area contributed by atoms with E-state index in [0.717, 1.165) is 4.90 Å². The predicted molar refractivity (Wildman–Crippen MR) is 39.4 cm³/mol. The first-order valence-electron chi connectivity index (χ1n) is 3.66. The number of alkyl halides is 3. The lowest BCUT2D eigenvalue weighted by molar-refractivity contribution is -0.178. The van der Waals surface area contributed by atoms with Crippen molar-refractivity contribution in [3.05, 3.63) is 12.0 Å². The fourth-order valence-corrected chi connectivity index (χ4v) is 1.26. The van der Waals surface area contributed by atoms with Gasteiger partial charge in [-0.2, -0.15) is 13.2 Å². The first-order valence-corrected chi connectivity index (χ1v) is 3.66. The van der Waals surface area contributed by atoms with E-state index in [1.54, 1.807) is 0 Å². The van der Waals surface area contributed by atoms with Crippen molar-refractivity contribution in [3.63, 3.8) is 0 Å². The third-order valence-corrected chi connectivity index (χ3v) is 1.85. The zero-order valence-electron chi connectivity index (χ0n) is 6.47. The van der Waals surface area contributed by atoms with Crippen LogP contribution in [0.15, 0.2) is 17.0 Å². The molecule has 0 aromatic rings. The van der Waals surface area contributed by atoms with E-state index in [4.69, 9.17) is 0 Å². The average Bonchev–Trinajstić information content (AvgIpc) is 2.45. The standard InChI is InChI=1S/C6H7F3N4/c7-6(8,9)5-12-11-4-3-10-1-2-13(4)5/h1,3,5,11-12H,2H2. The second kappa shape index (κ2) is 2.63. The van der Waals surface area contributed by atoms with Gasteiger partial charge in [0.2, 0.25) is 0 Å². The van der Waals surface area contributed by atoms with Crippen molar-refractivity contribution in [1.29, 1.82) is 0 Å². The minimum Gasteiger partial charge on any atom is -0.326 e. The van der Waals surface area contributed by atoms with Crippen LogP contribution in [0.1, 0.15) is 0 Å². The molecule has 7 heteroatoms. The van der Waals surface area contributed by atoms with E-state index in [1.165, 1.54) is 12.4 Å². The van der Waals surface area contributed by atoms with Crippen molar-refractivity contribution in [3.8, 4) is 0 Å². The zero-order valence-corrected chi connectivity index (χ0v) is 6.47. The van der Waals surface area contributed by atoms with E-state index in [-0.39, 0.29) is 6.54 Å². The molecule has 2 heterocycles. The number of rotatable bonds is 0. The van der Waals surface area contributed by atoms with Gasteiger partial charge >= 0.3 is 6.18 Å². The molecule has 2 aliphatic heterocycles. The summed E-state index contributed by atoms with van der Waals surface area (Å²) in [5.74, 6) is 0.352. The minimum atomic E-state index is -4.28. The molecule has 0 aliphatic carbocycles. The summed E-state index contributed by atoms with van der Waals surface area (Å²) in [5, 5.41) is 0. The van der Waals surface area contributed by atoms with Gasteiger partial charge in [-0.25, -0.2) is 5.43 Å². The molecule has 0 aromatic heterocycles. The Labute approximate surface area is 72.1 Å². The molecule has 1 fully saturated rings. The summed E-state index contributed by atoms with van der Waals surface area (Å²) in [4.78, 5) is 4.90. The largest absolute Gasteiger partial charge is 0.423 e. The van der Waals surface area contributed by atoms with Crippen LogP contribution in [0.5, 0.6) is 0 Å². The molecule has 0 radical (unpaired) electrons. The summed E-state index contributed by atoms with van der Waals surface area (Å²) in [6, 6.07) is 0. The summed E-state index contributed by atoms with van der Waals surface area (Å²) in [6.07, 6.45) is -3.17. The number of aliphatic imine (C=N–C) groups is 1. The topological polar surface area (TPSA) is 39.7 Å². The fraction of sp³-hybridized carbons (Fsp3) is 0.500. The highest BCUT2D eigenvalue weighted by Crippen LogP contribution is 2.27. The van der Waals surface area contributed by atoms with Gasteiger partial charge in [0.15, 0.2) is 6.17 Å². The number of halogens is 3. The van der Waals surface area contributed by atoms with Crippen molar-refractivity contribution in [2.24, 2.45) is 4.99 Å². The maximum Gasteiger partial charge on any atom is 0.423 e. The van der Waals surface area contributed by atoms with Gasteiger partial charge in [0.1, 0.15) is 5.82 Å². The van der Waals surface area contributed by atoms with Gasteiger partial charge in [0.25, 0.3) is 0 Å². The summed E-state index contributed by atoms with van der Waals surface area (Å²) in [7, 11) is 0. The molecule has 0 saturated carbocycles. The lowest BCUT2D eigenvalue weighted by Crippen LogP contribution is -2.48. The Balaban J connectivity index is 2.19. The fourth-order valence-electron chi connectivity index (χ4n) is 1.26. The van der Waals surface area contributed by atoms with Crippen molar-refractivity contribution in [2.75, 3.05) is 6.54 Å². The highest BCUT2D eigenvalue weighted by molar-refractivity contribution is 5.62. The van der Waals surface area contributed by atoms with Crippen LogP contribution in [-0.4, -0.2) is 30.0 Å². The van der Waals surface area contributed by atoms with Crippen molar-refractivity contribution in [2.45, 2.75) is 12.3 Å². The molecule has 0 amide bonds. The molecule has 13 heavy (non-hydrogen) atoms. The normalized spacial score (nSPS) is 26.8. The summed E-state index contributed by atoms with van der Waals surface area (Å²) < 4.78 is 36.9. The number of hydrogen-bond acceptors (Lipinski definition) is 4. The molecular weight excluding hydrogens is 185 g/mol. The van der Waals surface area contributed by atoms with Crippen LogP contribution in [0.25, 0.3) is 0 Å². The molecule has 4 nitrogen and oxygen atoms in total. The summed E-state index contributed by atoms with van der Waals surface area (Å²) >= 11 is 0. The molecule has 0 spiro atoms. The Morgan fingerprint density at radius 1 is 1.54 bits per heavy atom. The third-order valence-electron chi connectivity index (χ3n) is 1.85. The van der Waals surface area contributed by atoms with E-state index < -0.39 is 12.3 Å². The molecule has 0 bridgehead atoms. The van der Waals surface area contributed by atoms with E-state index >= 15 is 0 Å². The maximum absolute atomic E-state index is 12.3. The highest BCUT2D eigenvalue weighted by Gasteiger charge is 2.47. The highest BCUT2D eigenvalue weighted by atomic mass is 19.4. The molecule has 1 atom stereocenters. The van der Waals surface area contributed by atoms with Crippen LogP contribution >= 0.6 is 0 Å². The Kier molecular flexibility index (Phi) is 1.69. The van der Waals surface area contributed by atoms with E-state index in [1.807, 2.05) is 0 Å². The number of nitrogens with one attached hydrogen (secondary N) is 2. The molecule has 72 valence electrons. The van der Waals surface area contributed by atoms with Crippen LogP contribution in [0.3, 0.4) is 0 Å². The Hall–Kier alpha value is -1.24. The van der Waals surface area contributed by atoms with Crippen LogP contribution in [0.4, 0.5) is 13.2 Å². The zero-order chi connectivity index (χ0) is 9.47. The Morgan fingerprint density at radius 3 is 3.00 bits per heavy atom. The van der Waals surface area contributed by atoms with Gasteiger partial charge in [-0.3, -0.25) is 4.99 Å². The lowest BCUT2D eigenvalue weighted by Gasteiger charge is -2.26. The van der Waals surface area contributed by atoms with E-state index in [0.29, 0.717) is 5.82 Å². The monoisotopic (exact) mass is 192 g/mol. The lowest BCUT2D eigenvalue weighted by atomic mass is 10.4. The first-order chi connectivity index (χ1) is 6.09. The minimum absolute atomic E-state index is 0.163. The Morgan fingerprint density at radius 2 is 2.31 bits per heavy atom. The van der Waals surface area contributed by atoms with Gasteiger partial charge in [-0.1, -0.05) is 0 Å². The second-order valence-corrected chi connectivity index (χ2v) is 2.71. The molecule has 1 unspecified atom stereocenters. The van der Waals surface area contributed by atoms with Gasteiger partial charge < -0.3 is 10.3 Å². The first kappa shape index (κ1) is 8.36. The third kappa shape index (κ3) is 1.35. The molecule has 1 saturated heterocycles. The summed E-state index contributed by atoms with van der Waals surface area (Å²) in [6.45, 7) is 0.163. The van der Waals surface area contributed by atoms with Gasteiger partial charge in [0.05, 0.1) is 12.7 Å². The van der Waals surface area contributed by atoms with E-state index in [2.05, 4.69) is 15.8 Å². The number of fused-ring (bicyclic) bond motifs is 1. The molecular formula is C6H7F3N4. The van der Waals surface area contributed by atoms with Crippen LogP contribution in [0, 0.1) is 0 Å². The number of hydrazine groups is 1. The van der Waals surface area contributed by atoms with Crippen LogP contribution in [-0.2, 0) is 0 Å². The second-order valence-electron chi connectivity index (χ2n) is 2.71. The van der Waals surface area contributed by atoms with Crippen molar-refractivity contribution >= 4 is 6.21 Å². The van der Waals surface area contributed by atoms with Crippen molar-refractivity contribution in [1.82, 2.24) is 15.8 Å². The predicted octanol–water partition coefficient (Wildman–Crippen LogP) is 0.168. The molecule has 2 rings (SSSR count). The SMILES string of the molecule is FC(F)(F)C1NNC2=CN=CCN21.